The second-order valence-corrected chi connectivity index (χ2v) is 7.18. The van der Waals surface area contributed by atoms with Crippen LogP contribution in [0.5, 0.6) is 0 Å². The van der Waals surface area contributed by atoms with E-state index in [-0.39, 0.29) is 0 Å². The van der Waals surface area contributed by atoms with Crippen molar-refractivity contribution in [2.45, 2.75) is 0 Å². The fraction of sp³-hybridized carbons (Fsp3) is 0. The van der Waals surface area contributed by atoms with Crippen LogP contribution < -0.4 is 10.6 Å². The Balaban J connectivity index is 1.49. The number of benzene rings is 2. The molecule has 2 aromatic carbocycles. The van der Waals surface area contributed by atoms with Gasteiger partial charge in [0.2, 0.25) is 0 Å². The van der Waals surface area contributed by atoms with Crippen molar-refractivity contribution in [2.24, 2.45) is 0 Å². The summed E-state index contributed by atoms with van der Waals surface area (Å²) in [6.07, 6.45) is 1.62. The van der Waals surface area contributed by atoms with E-state index in [1.807, 2.05) is 54.0 Å². The van der Waals surface area contributed by atoms with Crippen LogP contribution in [0.4, 0.5) is 23.0 Å². The molecule has 3 heterocycles. The summed E-state index contributed by atoms with van der Waals surface area (Å²) in [6.45, 7) is 0. The fourth-order valence-corrected chi connectivity index (χ4v) is 3.58. The van der Waals surface area contributed by atoms with Gasteiger partial charge in [-0.05, 0) is 48.5 Å². The van der Waals surface area contributed by atoms with Crippen molar-refractivity contribution in [1.29, 1.82) is 0 Å². The average Bonchev–Trinajstić information content (AvgIpc) is 3.34. The van der Waals surface area contributed by atoms with Crippen LogP contribution in [0.15, 0.2) is 64.7 Å². The van der Waals surface area contributed by atoms with Gasteiger partial charge in [-0.1, -0.05) is 11.6 Å². The Morgan fingerprint density at radius 1 is 0.889 bits per heavy atom. The quantitative estimate of drug-likeness (QED) is 0.391. The average molecular weight is 394 g/mol. The van der Waals surface area contributed by atoms with E-state index in [0.717, 1.165) is 27.0 Å². The number of furan rings is 1. The lowest BCUT2D eigenvalue weighted by Gasteiger charge is -2.09. The molecule has 0 aliphatic heterocycles. The van der Waals surface area contributed by atoms with Crippen molar-refractivity contribution in [1.82, 2.24) is 15.2 Å². The van der Waals surface area contributed by atoms with Crippen molar-refractivity contribution >= 4 is 67.1 Å². The van der Waals surface area contributed by atoms with Crippen molar-refractivity contribution < 1.29 is 4.42 Å². The van der Waals surface area contributed by atoms with Gasteiger partial charge in [0, 0.05) is 16.4 Å². The van der Waals surface area contributed by atoms with E-state index in [2.05, 4.69) is 25.8 Å². The van der Waals surface area contributed by atoms with Gasteiger partial charge < -0.3 is 15.1 Å². The molecule has 27 heavy (non-hydrogen) atoms. The molecular weight excluding hydrogens is 382 g/mol. The second-order valence-electron chi connectivity index (χ2n) is 5.85. The van der Waals surface area contributed by atoms with Gasteiger partial charge in [0.15, 0.2) is 17.2 Å². The van der Waals surface area contributed by atoms with Gasteiger partial charge in [-0.3, -0.25) is 0 Å². The molecule has 0 bridgehead atoms. The largest absolute Gasteiger partial charge is 0.460 e. The summed E-state index contributed by atoms with van der Waals surface area (Å²) < 4.78 is 6.79. The highest BCUT2D eigenvalue weighted by Crippen LogP contribution is 2.31. The molecule has 0 atom stereocenters. The zero-order valence-corrected chi connectivity index (χ0v) is 15.4. The van der Waals surface area contributed by atoms with Crippen LogP contribution in [-0.2, 0) is 0 Å². The summed E-state index contributed by atoms with van der Waals surface area (Å²) in [4.78, 5) is 4.34. The summed E-state index contributed by atoms with van der Waals surface area (Å²) in [5.74, 6) is 1.16. The predicted octanol–water partition coefficient (Wildman–Crippen LogP) is 5.97. The Morgan fingerprint density at radius 3 is 2.56 bits per heavy atom. The smallest absolute Gasteiger partial charge is 0.197 e. The zero-order chi connectivity index (χ0) is 18.2. The minimum atomic E-state index is 0.547. The topological polar surface area (TPSA) is 75.9 Å². The molecule has 0 aliphatic rings. The Kier molecular flexibility index (Phi) is 3.88. The highest BCUT2D eigenvalue weighted by atomic mass is 35.5. The highest BCUT2D eigenvalue weighted by molar-refractivity contribution is 7.16. The molecule has 0 radical (unpaired) electrons. The van der Waals surface area contributed by atoms with Crippen molar-refractivity contribution in [3.63, 3.8) is 0 Å². The minimum absolute atomic E-state index is 0.547. The van der Waals surface area contributed by atoms with Gasteiger partial charge >= 0.3 is 0 Å². The third-order valence-electron chi connectivity index (χ3n) is 4.09. The van der Waals surface area contributed by atoms with Gasteiger partial charge in [0.25, 0.3) is 0 Å². The molecule has 132 valence electrons. The number of hydrogen-bond acceptors (Lipinski definition) is 7. The van der Waals surface area contributed by atoms with Crippen LogP contribution in [0.2, 0.25) is 5.02 Å². The van der Waals surface area contributed by atoms with Crippen LogP contribution >= 0.6 is 22.9 Å². The molecule has 0 fully saturated rings. The maximum atomic E-state index is 5.94. The number of halogens is 1. The highest BCUT2D eigenvalue weighted by Gasteiger charge is 2.13. The maximum absolute atomic E-state index is 5.94. The third-order valence-corrected chi connectivity index (χ3v) is 5.15. The number of anilines is 4. The number of rotatable bonds is 4. The molecule has 6 nitrogen and oxygen atoms in total. The van der Waals surface area contributed by atoms with Gasteiger partial charge in [-0.25, -0.2) is 4.98 Å². The number of hydrogen-bond donors (Lipinski definition) is 2. The van der Waals surface area contributed by atoms with E-state index in [4.69, 9.17) is 16.0 Å². The molecule has 2 N–H and O–H groups in total. The molecule has 5 rings (SSSR count). The first-order chi connectivity index (χ1) is 13.3. The van der Waals surface area contributed by atoms with Crippen molar-refractivity contribution in [2.75, 3.05) is 10.6 Å². The number of nitrogens with one attached hydrogen (secondary N) is 2. The van der Waals surface area contributed by atoms with Crippen LogP contribution in [0.3, 0.4) is 0 Å². The van der Waals surface area contributed by atoms with Gasteiger partial charge in [-0.15, -0.1) is 21.5 Å². The number of thiazole rings is 1. The SMILES string of the molecule is Clc1ccc(Nc2nnc(Nc3ccc4scnc4c3)c3occc23)cc1. The van der Waals surface area contributed by atoms with E-state index in [0.29, 0.717) is 22.2 Å². The Bertz CT molecular complexity index is 1250. The maximum Gasteiger partial charge on any atom is 0.197 e. The normalized spacial score (nSPS) is 11.1. The van der Waals surface area contributed by atoms with E-state index in [1.165, 1.54) is 0 Å². The van der Waals surface area contributed by atoms with E-state index >= 15 is 0 Å². The van der Waals surface area contributed by atoms with Gasteiger partial charge in [0.05, 0.1) is 27.4 Å². The van der Waals surface area contributed by atoms with Gasteiger partial charge in [0.1, 0.15) is 0 Å². The summed E-state index contributed by atoms with van der Waals surface area (Å²) in [5, 5.41) is 16.6. The first-order valence-corrected chi connectivity index (χ1v) is 9.39. The number of fused-ring (bicyclic) bond motifs is 2. The Labute approximate surface area is 162 Å². The molecule has 3 aromatic heterocycles. The standard InChI is InChI=1S/C19H12ClN5OS/c20-11-1-3-12(4-2-11)22-18-14-7-8-26-17(14)19(25-24-18)23-13-5-6-16-15(9-13)21-10-27-16/h1-10H,(H,22,24)(H,23,25). The summed E-state index contributed by atoms with van der Waals surface area (Å²) in [7, 11) is 0. The number of nitrogens with zero attached hydrogens (tertiary/aromatic N) is 3. The molecule has 0 spiro atoms. The van der Waals surface area contributed by atoms with Crippen molar-refractivity contribution in [3.05, 3.63) is 65.3 Å². The van der Waals surface area contributed by atoms with Crippen molar-refractivity contribution in [3.8, 4) is 0 Å². The first kappa shape index (κ1) is 16.0. The second kappa shape index (κ2) is 6.53. The lowest BCUT2D eigenvalue weighted by molar-refractivity contribution is 0.615. The molecule has 0 amide bonds. The van der Waals surface area contributed by atoms with Crippen LogP contribution in [0, 0.1) is 0 Å². The molecule has 8 heteroatoms. The monoisotopic (exact) mass is 393 g/mol. The molecular formula is C19H12ClN5OS. The predicted molar refractivity (Wildman–Crippen MR) is 109 cm³/mol. The van der Waals surface area contributed by atoms with E-state index < -0.39 is 0 Å². The van der Waals surface area contributed by atoms with Crippen LogP contribution in [0.25, 0.3) is 21.2 Å². The van der Waals surface area contributed by atoms with Crippen LogP contribution in [0.1, 0.15) is 0 Å². The minimum Gasteiger partial charge on any atom is -0.460 e. The lowest BCUT2D eigenvalue weighted by atomic mass is 10.2. The zero-order valence-electron chi connectivity index (χ0n) is 13.8. The lowest BCUT2D eigenvalue weighted by Crippen LogP contribution is -2.00. The van der Waals surface area contributed by atoms with E-state index in [1.54, 1.807) is 17.6 Å². The molecule has 0 unspecified atom stereocenters. The van der Waals surface area contributed by atoms with Crippen LogP contribution in [-0.4, -0.2) is 15.2 Å². The molecule has 0 saturated heterocycles. The molecule has 0 aliphatic carbocycles. The molecule has 0 saturated carbocycles. The fourth-order valence-electron chi connectivity index (χ4n) is 2.79. The summed E-state index contributed by atoms with van der Waals surface area (Å²) in [5.41, 5.74) is 5.13. The Morgan fingerprint density at radius 2 is 1.67 bits per heavy atom. The third kappa shape index (κ3) is 3.07. The summed E-state index contributed by atoms with van der Waals surface area (Å²) >= 11 is 7.54. The van der Waals surface area contributed by atoms with E-state index in [9.17, 15) is 0 Å². The number of aromatic nitrogens is 3. The summed E-state index contributed by atoms with van der Waals surface area (Å²) in [6, 6.07) is 15.2. The molecule has 5 aromatic rings. The Hall–Kier alpha value is -3.16. The first-order valence-electron chi connectivity index (χ1n) is 8.13. The van der Waals surface area contributed by atoms with Gasteiger partial charge in [-0.2, -0.15) is 0 Å².